The molecular formula is C118H194N2. The van der Waals surface area contributed by atoms with Crippen LogP contribution in [0.25, 0.3) is 0 Å². The molecule has 0 amide bonds. The second kappa shape index (κ2) is 42.4. The van der Waals surface area contributed by atoms with E-state index in [0.717, 1.165) is 202 Å². The fraction of sp³-hybridized carbons (Fsp3) is 0.932. The number of rotatable bonds is 20. The number of fused-ring (bicyclic) bond motifs is 4. The Kier molecular flexibility index (Phi) is 31.2. The predicted octanol–water partition coefficient (Wildman–Crippen LogP) is 34.2. The largest absolute Gasteiger partial charge is 0.294 e. The van der Waals surface area contributed by atoms with Gasteiger partial charge in [0.1, 0.15) is 0 Å². The monoisotopic (exact) mass is 1640 g/mol. The van der Waals surface area contributed by atoms with Crippen LogP contribution in [0.2, 0.25) is 0 Å². The Morgan fingerprint density at radius 1 is 0.158 bits per heavy atom. The van der Waals surface area contributed by atoms with Crippen LogP contribution in [-0.4, -0.2) is 46.1 Å². The van der Waals surface area contributed by atoms with Crippen LogP contribution in [0.5, 0.6) is 0 Å². The minimum absolute atomic E-state index is 0.839. The zero-order valence-electron chi connectivity index (χ0n) is 79.7. The summed E-state index contributed by atoms with van der Waals surface area (Å²) in [4.78, 5) is 7.19. The van der Waals surface area contributed by atoms with Crippen molar-refractivity contribution >= 4 is 0 Å². The number of nitrogens with zero attached hydrogens (tertiary/aromatic N) is 2. The summed E-state index contributed by atoms with van der Waals surface area (Å²) in [6.45, 7) is 10.3. The molecule has 0 saturated heterocycles. The van der Waals surface area contributed by atoms with E-state index in [4.69, 9.17) is 0 Å². The molecule has 19 aliphatic carbocycles. The van der Waals surface area contributed by atoms with Gasteiger partial charge < -0.3 is 0 Å². The first-order valence-electron chi connectivity index (χ1n) is 57.6. The minimum Gasteiger partial charge on any atom is -0.294 e. The van der Waals surface area contributed by atoms with Gasteiger partial charge in [-0.05, 0) is 448 Å². The van der Waals surface area contributed by atoms with Crippen molar-refractivity contribution in [3.63, 3.8) is 0 Å². The molecule has 0 aromatic carbocycles. The van der Waals surface area contributed by atoms with Crippen molar-refractivity contribution in [2.24, 2.45) is 166 Å². The van der Waals surface area contributed by atoms with Gasteiger partial charge in [0, 0.05) is 36.3 Å². The second-order valence-corrected chi connectivity index (χ2v) is 50.2. The molecule has 19 fully saturated rings. The summed E-state index contributed by atoms with van der Waals surface area (Å²) in [7, 11) is 0. The number of hydrogen-bond acceptors (Lipinski definition) is 2. The van der Waals surface area contributed by atoms with Crippen LogP contribution < -0.4 is 0 Å². The van der Waals surface area contributed by atoms with Gasteiger partial charge in [0.05, 0.1) is 0 Å². The van der Waals surface area contributed by atoms with Crippen LogP contribution in [0.1, 0.15) is 490 Å². The molecule has 0 spiro atoms. The van der Waals surface area contributed by atoms with E-state index in [1.807, 2.05) is 22.3 Å². The Morgan fingerprint density at radius 2 is 0.342 bits per heavy atom. The van der Waals surface area contributed by atoms with Crippen LogP contribution in [0, 0.1) is 166 Å². The lowest BCUT2D eigenvalue weighted by Gasteiger charge is -2.64. The van der Waals surface area contributed by atoms with Crippen molar-refractivity contribution in [2.75, 3.05) is 0 Å². The predicted molar refractivity (Wildman–Crippen MR) is 512 cm³/mol. The molecule has 0 aliphatic heterocycles. The maximum atomic E-state index is 3.60. The molecule has 0 aromatic rings. The Bertz CT molecular complexity index is 2800. The fourth-order valence-electron chi connectivity index (χ4n) is 37.4. The maximum absolute atomic E-state index is 3.60. The molecular weight excluding hydrogens is 1450 g/mol. The molecule has 12 unspecified atom stereocenters. The van der Waals surface area contributed by atoms with Crippen molar-refractivity contribution in [1.29, 1.82) is 0 Å². The number of hydrogen-bond donors (Lipinski definition) is 0. The van der Waals surface area contributed by atoms with Gasteiger partial charge in [0.2, 0.25) is 0 Å². The third-order valence-electron chi connectivity index (χ3n) is 43.5. The van der Waals surface area contributed by atoms with Crippen LogP contribution in [0.3, 0.4) is 0 Å². The Morgan fingerprint density at radius 3 is 0.567 bits per heavy atom. The average molecular weight is 1640 g/mol. The molecule has 12 atom stereocenters. The van der Waals surface area contributed by atoms with Gasteiger partial charge in [-0.3, -0.25) is 9.80 Å². The molecule has 0 heterocycles. The van der Waals surface area contributed by atoms with Gasteiger partial charge in [0.15, 0.2) is 0 Å². The summed E-state index contributed by atoms with van der Waals surface area (Å²) >= 11 is 0. The van der Waals surface area contributed by atoms with E-state index in [9.17, 15) is 0 Å². The fourth-order valence-corrected chi connectivity index (χ4v) is 37.4. The van der Waals surface area contributed by atoms with Crippen LogP contribution >= 0.6 is 0 Å². The SMILES string of the molecule is CC1CCC(/C(=C/C2CCC(N(C3CCC(/C=C(\C4CCCCC4)C4CCC(C)CC4)CC3)C3CCC(C4C5CCCCC5C(C5CCC(N(C6CCC(/C=C(\C7CCCCC7)C7CCC(C)CC7)CC6)C6CCC(/C=C(\C7CCCCC7)C7CCC(C)CC7)CC6)C6CCCCC56)C5CCCCC54)C4CCCCC43)CC2)C2CCCCC2)CC1. The van der Waals surface area contributed by atoms with E-state index in [1.165, 1.54) is 334 Å². The third kappa shape index (κ3) is 20.5. The zero-order chi connectivity index (χ0) is 80.8. The lowest BCUT2D eigenvalue weighted by Crippen LogP contribution is -2.61. The van der Waals surface area contributed by atoms with Crippen LogP contribution in [0.15, 0.2) is 46.6 Å². The zero-order valence-corrected chi connectivity index (χ0v) is 79.7. The summed E-state index contributed by atoms with van der Waals surface area (Å²) in [5.41, 5.74) is 8.12. The molecule has 120 heavy (non-hydrogen) atoms. The molecule has 2 nitrogen and oxygen atoms in total. The van der Waals surface area contributed by atoms with Crippen molar-refractivity contribution in [3.05, 3.63) is 46.6 Å². The highest BCUT2D eigenvalue weighted by atomic mass is 15.2. The van der Waals surface area contributed by atoms with Crippen LogP contribution in [0.4, 0.5) is 0 Å². The Balaban J connectivity index is 0.584. The quantitative estimate of drug-likeness (QED) is 0.112. The molecule has 19 aliphatic rings. The molecule has 0 bridgehead atoms. The molecule has 0 aromatic heterocycles. The standard InChI is InChI=1S/C118H194N2/c1-81-41-57-93(58-42-81)111(89-25-9-5-10-26-89)77-85-49-65-97(66-50-85)119(98-67-51-86(52-68-98)78-112(90-27-11-6-12-28-90)94-59-43-82(2)44-60-94)115-75-73-109(101-33-17-19-35-103(101)115)117-105-37-21-23-39-107(105)118(108-40-24-22-38-106(108)117)110-74-76-116(104-36-20-18-34-102(104)110)120(99-69-53-87(54-70-99)79-113(91-29-13-7-14-30-91)95-61-45-83(3)46-62-95)100-71-55-88(56-72-100)80-114(92-31-15-8-16-32-92)96-63-47-84(4)48-64-96/h77-110,115-118H,5-76H2,1-4H3/b111-77+,112-78+,113-79+,114-80+. The lowest BCUT2D eigenvalue weighted by atomic mass is 9.42. The van der Waals surface area contributed by atoms with Gasteiger partial charge in [0.25, 0.3) is 0 Å². The van der Waals surface area contributed by atoms with Gasteiger partial charge in [-0.2, -0.15) is 0 Å². The molecule has 0 radical (unpaired) electrons. The van der Waals surface area contributed by atoms with E-state index in [0.29, 0.717) is 0 Å². The first kappa shape index (κ1) is 88.2. The van der Waals surface area contributed by atoms with Crippen LogP contribution in [-0.2, 0) is 0 Å². The van der Waals surface area contributed by atoms with Gasteiger partial charge in [-0.1, -0.05) is 254 Å². The first-order chi connectivity index (χ1) is 59.1. The highest BCUT2D eigenvalue weighted by Gasteiger charge is 2.61. The summed E-state index contributed by atoms with van der Waals surface area (Å²) in [5, 5.41) is 0. The topological polar surface area (TPSA) is 6.48 Å². The maximum Gasteiger partial charge on any atom is 0.0132 e. The van der Waals surface area contributed by atoms with Crippen molar-refractivity contribution in [3.8, 4) is 0 Å². The average Bonchev–Trinajstić information content (AvgIpc) is 0.716. The number of allylic oxidation sites excluding steroid dienone is 8. The molecule has 0 N–H and O–H groups in total. The van der Waals surface area contributed by atoms with Gasteiger partial charge >= 0.3 is 0 Å². The summed E-state index contributed by atoms with van der Waals surface area (Å²) < 4.78 is 0. The minimum atomic E-state index is 0.839. The lowest BCUT2D eigenvalue weighted by molar-refractivity contribution is -0.156. The Labute approximate surface area is 743 Å². The van der Waals surface area contributed by atoms with Gasteiger partial charge in [-0.15, -0.1) is 0 Å². The molecule has 19 saturated carbocycles. The highest BCUT2D eigenvalue weighted by Crippen LogP contribution is 2.67. The summed E-state index contributed by atoms with van der Waals surface area (Å²) in [6.07, 6.45) is 122. The first-order valence-corrected chi connectivity index (χ1v) is 57.6. The van der Waals surface area contributed by atoms with Crippen molar-refractivity contribution in [1.82, 2.24) is 9.80 Å². The second-order valence-electron chi connectivity index (χ2n) is 50.2. The molecule has 19 rings (SSSR count). The van der Waals surface area contributed by atoms with Gasteiger partial charge in [-0.25, -0.2) is 0 Å². The molecule has 2 heteroatoms. The van der Waals surface area contributed by atoms with Crippen molar-refractivity contribution < 1.29 is 0 Å². The summed E-state index contributed by atoms with van der Waals surface area (Å²) in [5.74, 6) is 26.9. The smallest absolute Gasteiger partial charge is 0.0132 e. The van der Waals surface area contributed by atoms with E-state index in [1.54, 1.807) is 128 Å². The highest BCUT2D eigenvalue weighted by molar-refractivity contribution is 5.21. The van der Waals surface area contributed by atoms with E-state index < -0.39 is 0 Å². The van der Waals surface area contributed by atoms with Crippen molar-refractivity contribution in [2.45, 2.75) is 526 Å². The van der Waals surface area contributed by atoms with E-state index in [-0.39, 0.29) is 0 Å². The van der Waals surface area contributed by atoms with E-state index in [2.05, 4.69) is 61.8 Å². The normalized spacial score (nSPS) is 45.5. The molecule has 676 valence electrons. The Hall–Kier alpha value is -1.12. The summed E-state index contributed by atoms with van der Waals surface area (Å²) in [6, 6.07) is 5.09. The van der Waals surface area contributed by atoms with E-state index >= 15 is 0 Å². The third-order valence-corrected chi connectivity index (χ3v) is 43.5.